The second kappa shape index (κ2) is 6.03. The average Bonchev–Trinajstić information content (AvgIpc) is 2.63. The summed E-state index contributed by atoms with van der Waals surface area (Å²) in [6.45, 7) is 2.32. The van der Waals surface area contributed by atoms with Crippen LogP contribution < -0.4 is 0 Å². The van der Waals surface area contributed by atoms with Gasteiger partial charge in [0.1, 0.15) is 6.61 Å². The molecule has 0 aliphatic carbocycles. The molecule has 5 nitrogen and oxygen atoms in total. The number of amides is 1. The molecule has 0 bridgehead atoms. The molecule has 0 aromatic rings. The average molecular weight is 259 g/mol. The molecule has 1 aliphatic heterocycles. The van der Waals surface area contributed by atoms with Gasteiger partial charge in [0.15, 0.2) is 9.84 Å². The van der Waals surface area contributed by atoms with Gasteiger partial charge in [-0.3, -0.25) is 4.79 Å². The third kappa shape index (κ3) is 4.02. The fraction of sp³-hybridized carbons (Fsp3) is 0.727. The summed E-state index contributed by atoms with van der Waals surface area (Å²) in [5.74, 6) is 2.27. The van der Waals surface area contributed by atoms with Gasteiger partial charge in [-0.1, -0.05) is 5.92 Å². The van der Waals surface area contributed by atoms with Crippen LogP contribution in [0, 0.1) is 12.3 Å². The summed E-state index contributed by atoms with van der Waals surface area (Å²) in [5, 5.41) is 0. The Morgan fingerprint density at radius 2 is 2.29 bits per heavy atom. The quantitative estimate of drug-likeness (QED) is 0.634. The van der Waals surface area contributed by atoms with Gasteiger partial charge in [-0.05, 0) is 13.3 Å². The Morgan fingerprint density at radius 1 is 1.59 bits per heavy atom. The number of terminal acetylenes is 1. The Bertz CT molecular complexity index is 410. The lowest BCUT2D eigenvalue weighted by Crippen LogP contribution is -2.43. The first-order valence-electron chi connectivity index (χ1n) is 5.51. The summed E-state index contributed by atoms with van der Waals surface area (Å²) in [4.78, 5) is 13.2. The van der Waals surface area contributed by atoms with E-state index >= 15 is 0 Å². The number of carbonyl (C=O) groups is 1. The Morgan fingerprint density at radius 3 is 2.76 bits per heavy atom. The van der Waals surface area contributed by atoms with E-state index < -0.39 is 9.84 Å². The molecule has 0 saturated carbocycles. The summed E-state index contributed by atoms with van der Waals surface area (Å²) in [6, 6.07) is -0.302. The maximum absolute atomic E-state index is 11.8. The molecule has 1 atom stereocenters. The largest absolute Gasteiger partial charge is 0.372 e. The van der Waals surface area contributed by atoms with Crippen molar-refractivity contribution in [1.82, 2.24) is 4.90 Å². The van der Waals surface area contributed by atoms with Crippen molar-refractivity contribution in [3.8, 4) is 12.3 Å². The van der Waals surface area contributed by atoms with Crippen LogP contribution in [0.5, 0.6) is 0 Å². The Kier molecular flexibility index (Phi) is 4.97. The number of rotatable bonds is 5. The standard InChI is InChI=1S/C11H17NO4S/c1-3-6-12(11(13)8-16-4-2)10-5-7-17(14,15)9-10/h1,10H,4-9H2,2H3. The Hall–Kier alpha value is -1.06. The van der Waals surface area contributed by atoms with Crippen LogP contribution in [0.1, 0.15) is 13.3 Å². The zero-order valence-electron chi connectivity index (χ0n) is 9.89. The van der Waals surface area contributed by atoms with E-state index in [9.17, 15) is 13.2 Å². The molecular weight excluding hydrogens is 242 g/mol. The van der Waals surface area contributed by atoms with Gasteiger partial charge in [-0.15, -0.1) is 6.42 Å². The second-order valence-corrected chi connectivity index (χ2v) is 6.15. The van der Waals surface area contributed by atoms with Crippen molar-refractivity contribution < 1.29 is 17.9 Å². The molecule has 0 N–H and O–H groups in total. The topological polar surface area (TPSA) is 63.7 Å². The summed E-state index contributed by atoms with van der Waals surface area (Å²) in [7, 11) is -3.02. The third-order valence-electron chi connectivity index (χ3n) is 2.66. The minimum absolute atomic E-state index is 0.00649. The van der Waals surface area contributed by atoms with Crippen LogP contribution in [0.4, 0.5) is 0 Å². The van der Waals surface area contributed by atoms with Crippen molar-refractivity contribution in [2.24, 2.45) is 0 Å². The van der Waals surface area contributed by atoms with Crippen molar-refractivity contribution in [2.75, 3.05) is 31.3 Å². The normalized spacial score (nSPS) is 22.0. The van der Waals surface area contributed by atoms with Crippen molar-refractivity contribution in [3.63, 3.8) is 0 Å². The molecule has 1 amide bonds. The maximum Gasteiger partial charge on any atom is 0.249 e. The zero-order chi connectivity index (χ0) is 12.9. The highest BCUT2D eigenvalue weighted by atomic mass is 32.2. The SMILES string of the molecule is C#CCN(C(=O)COCC)C1CCS(=O)(=O)C1. The van der Waals surface area contributed by atoms with E-state index in [1.54, 1.807) is 6.92 Å². The number of carbonyl (C=O) groups excluding carboxylic acids is 1. The lowest BCUT2D eigenvalue weighted by Gasteiger charge is -2.26. The van der Waals surface area contributed by atoms with Crippen molar-refractivity contribution in [3.05, 3.63) is 0 Å². The van der Waals surface area contributed by atoms with Crippen LogP contribution in [0.2, 0.25) is 0 Å². The van der Waals surface area contributed by atoms with E-state index in [0.717, 1.165) is 0 Å². The minimum atomic E-state index is -3.02. The van der Waals surface area contributed by atoms with Crippen molar-refractivity contribution >= 4 is 15.7 Å². The third-order valence-corrected chi connectivity index (χ3v) is 4.41. The monoisotopic (exact) mass is 259 g/mol. The first-order valence-corrected chi connectivity index (χ1v) is 7.33. The molecule has 17 heavy (non-hydrogen) atoms. The van der Waals surface area contributed by atoms with Gasteiger partial charge in [0.25, 0.3) is 0 Å². The summed E-state index contributed by atoms with van der Waals surface area (Å²) in [5.41, 5.74) is 0. The van der Waals surface area contributed by atoms with E-state index in [4.69, 9.17) is 11.2 Å². The molecule has 1 saturated heterocycles. The minimum Gasteiger partial charge on any atom is -0.372 e. The van der Waals surface area contributed by atoms with Crippen LogP contribution in [0.25, 0.3) is 0 Å². The van der Waals surface area contributed by atoms with Crippen LogP contribution in [0.3, 0.4) is 0 Å². The molecule has 1 aliphatic rings. The Balaban J connectivity index is 2.67. The molecule has 0 spiro atoms. The fourth-order valence-corrected chi connectivity index (χ4v) is 3.54. The number of nitrogens with zero attached hydrogens (tertiary/aromatic N) is 1. The molecule has 0 radical (unpaired) electrons. The van der Waals surface area contributed by atoms with Crippen molar-refractivity contribution in [1.29, 1.82) is 0 Å². The van der Waals surface area contributed by atoms with Gasteiger partial charge in [-0.2, -0.15) is 0 Å². The molecule has 96 valence electrons. The lowest BCUT2D eigenvalue weighted by atomic mass is 10.2. The van der Waals surface area contributed by atoms with Gasteiger partial charge in [0.2, 0.25) is 5.91 Å². The van der Waals surface area contributed by atoms with Gasteiger partial charge in [-0.25, -0.2) is 8.42 Å². The highest BCUT2D eigenvalue weighted by Gasteiger charge is 2.34. The number of sulfone groups is 1. The van der Waals surface area contributed by atoms with Crippen molar-refractivity contribution in [2.45, 2.75) is 19.4 Å². The molecule has 1 heterocycles. The number of hydrogen-bond donors (Lipinski definition) is 0. The van der Waals surface area contributed by atoms with E-state index in [1.807, 2.05) is 0 Å². The first-order chi connectivity index (χ1) is 8.00. The molecule has 1 rings (SSSR count). The number of ether oxygens (including phenoxy) is 1. The van der Waals surface area contributed by atoms with E-state index in [1.165, 1.54) is 4.90 Å². The highest BCUT2D eigenvalue weighted by molar-refractivity contribution is 7.91. The van der Waals surface area contributed by atoms with Crippen LogP contribution in [-0.4, -0.2) is 56.5 Å². The van der Waals surface area contributed by atoms with Gasteiger partial charge in [0, 0.05) is 12.6 Å². The molecule has 0 aromatic heterocycles. The van der Waals surface area contributed by atoms with E-state index in [-0.39, 0.29) is 36.6 Å². The van der Waals surface area contributed by atoms with Crippen LogP contribution in [0.15, 0.2) is 0 Å². The molecule has 1 unspecified atom stereocenters. The van der Waals surface area contributed by atoms with E-state index in [2.05, 4.69) is 5.92 Å². The first kappa shape index (κ1) is 14.0. The molecule has 0 aromatic carbocycles. The summed E-state index contributed by atoms with van der Waals surface area (Å²) < 4.78 is 27.8. The zero-order valence-corrected chi connectivity index (χ0v) is 10.7. The lowest BCUT2D eigenvalue weighted by molar-refractivity contribution is -0.137. The highest BCUT2D eigenvalue weighted by Crippen LogP contribution is 2.17. The summed E-state index contributed by atoms with van der Waals surface area (Å²) in [6.07, 6.45) is 5.66. The predicted molar refractivity (Wildman–Crippen MR) is 64.1 cm³/mol. The predicted octanol–water partition coefficient (Wildman–Crippen LogP) is -0.328. The maximum atomic E-state index is 11.8. The fourth-order valence-electron chi connectivity index (χ4n) is 1.81. The van der Waals surface area contributed by atoms with Gasteiger partial charge >= 0.3 is 0 Å². The van der Waals surface area contributed by atoms with Gasteiger partial charge in [0.05, 0.1) is 18.1 Å². The molecule has 1 fully saturated rings. The molecular formula is C11H17NO4S. The second-order valence-electron chi connectivity index (χ2n) is 3.92. The molecule has 6 heteroatoms. The number of hydrogen-bond acceptors (Lipinski definition) is 4. The van der Waals surface area contributed by atoms with Crippen LogP contribution in [-0.2, 0) is 19.4 Å². The van der Waals surface area contributed by atoms with Crippen LogP contribution >= 0.6 is 0 Å². The van der Waals surface area contributed by atoms with E-state index in [0.29, 0.717) is 13.0 Å². The summed E-state index contributed by atoms with van der Waals surface area (Å²) >= 11 is 0. The smallest absolute Gasteiger partial charge is 0.249 e. The Labute approximate surface area is 102 Å². The van der Waals surface area contributed by atoms with Gasteiger partial charge < -0.3 is 9.64 Å².